The van der Waals surface area contributed by atoms with E-state index in [1.54, 1.807) is 35.7 Å². The number of aromatic carboxylic acids is 1. The maximum atomic E-state index is 12.6. The van der Waals surface area contributed by atoms with Gasteiger partial charge in [-0.25, -0.2) is 4.79 Å². The van der Waals surface area contributed by atoms with Crippen LogP contribution in [0.3, 0.4) is 0 Å². The van der Waals surface area contributed by atoms with Crippen molar-refractivity contribution in [2.45, 2.75) is 4.90 Å². The van der Waals surface area contributed by atoms with E-state index in [4.69, 9.17) is 34.1 Å². The molecule has 2 aromatic carbocycles. The maximum Gasteiger partial charge on any atom is 0.339 e. The van der Waals surface area contributed by atoms with Gasteiger partial charge in [0, 0.05) is 21.5 Å². The van der Waals surface area contributed by atoms with Gasteiger partial charge in [-0.2, -0.15) is 0 Å². The molecule has 0 radical (unpaired) electrons. The number of thiophene rings is 1. The molecule has 0 aliphatic rings. The first-order valence-corrected chi connectivity index (χ1v) is 10.2. The number of nitrogen functional groups attached to an aromatic ring is 1. The third kappa shape index (κ3) is 4.11. The zero-order valence-electron chi connectivity index (χ0n) is 14.0. The molecule has 0 saturated heterocycles. The summed E-state index contributed by atoms with van der Waals surface area (Å²) >= 11 is 14.1. The van der Waals surface area contributed by atoms with E-state index in [0.717, 1.165) is 11.9 Å². The summed E-state index contributed by atoms with van der Waals surface area (Å²) in [4.78, 5) is 25.5. The Kier molecular flexibility index (Phi) is 6.17. The minimum Gasteiger partial charge on any atom is -0.478 e. The third-order valence-electron chi connectivity index (χ3n) is 3.83. The van der Waals surface area contributed by atoms with Crippen LogP contribution in [-0.2, 0) is 0 Å². The molecule has 28 heavy (non-hydrogen) atoms. The molecule has 1 aromatic heterocycles. The summed E-state index contributed by atoms with van der Waals surface area (Å²) in [5.41, 5.74) is 7.24. The molecule has 6 nitrogen and oxygen atoms in total. The molecule has 10 heteroatoms. The minimum atomic E-state index is -1.17. The van der Waals surface area contributed by atoms with Gasteiger partial charge in [0.25, 0.3) is 5.91 Å². The molecule has 144 valence electrons. The van der Waals surface area contributed by atoms with Crippen molar-refractivity contribution in [2.75, 3.05) is 11.1 Å². The van der Waals surface area contributed by atoms with Gasteiger partial charge in [-0.3, -0.25) is 9.93 Å². The zero-order chi connectivity index (χ0) is 20.4. The number of anilines is 2. The summed E-state index contributed by atoms with van der Waals surface area (Å²) < 4.78 is 0. The summed E-state index contributed by atoms with van der Waals surface area (Å²) in [6, 6.07) is 9.51. The Morgan fingerprint density at radius 2 is 1.86 bits per heavy atom. The van der Waals surface area contributed by atoms with E-state index in [0.29, 0.717) is 31.1 Å². The first-order valence-electron chi connectivity index (χ1n) is 7.69. The van der Waals surface area contributed by atoms with Crippen molar-refractivity contribution in [2.24, 2.45) is 5.14 Å². The fourth-order valence-corrected chi connectivity index (χ4v) is 4.13. The van der Waals surface area contributed by atoms with Crippen LogP contribution in [0.4, 0.5) is 11.4 Å². The van der Waals surface area contributed by atoms with Gasteiger partial charge in [-0.05, 0) is 47.8 Å². The number of rotatable bonds is 5. The number of amides is 1. The molecule has 0 aliphatic heterocycles. The highest BCUT2D eigenvalue weighted by Gasteiger charge is 2.22. The van der Waals surface area contributed by atoms with Gasteiger partial charge < -0.3 is 16.2 Å². The molecule has 0 saturated carbocycles. The van der Waals surface area contributed by atoms with Crippen molar-refractivity contribution in [3.63, 3.8) is 0 Å². The van der Waals surface area contributed by atoms with Crippen molar-refractivity contribution in [3.8, 4) is 10.4 Å². The minimum absolute atomic E-state index is 0.0288. The van der Waals surface area contributed by atoms with Gasteiger partial charge in [0.1, 0.15) is 5.56 Å². The maximum absolute atomic E-state index is 12.6. The highest BCUT2D eigenvalue weighted by molar-refractivity contribution is 7.97. The van der Waals surface area contributed by atoms with Crippen molar-refractivity contribution in [1.82, 2.24) is 0 Å². The number of halogens is 2. The summed E-state index contributed by atoms with van der Waals surface area (Å²) in [6.45, 7) is 0. The van der Waals surface area contributed by atoms with Crippen molar-refractivity contribution in [3.05, 3.63) is 63.0 Å². The number of carboxylic acid groups (broad SMARTS) is 1. The van der Waals surface area contributed by atoms with Crippen LogP contribution in [0.25, 0.3) is 10.4 Å². The first kappa shape index (κ1) is 20.5. The van der Waals surface area contributed by atoms with E-state index < -0.39 is 11.9 Å². The lowest BCUT2D eigenvalue weighted by molar-refractivity contribution is 0.0699. The van der Waals surface area contributed by atoms with Crippen LogP contribution in [0.5, 0.6) is 0 Å². The number of nitrogens with two attached hydrogens (primary N) is 2. The van der Waals surface area contributed by atoms with E-state index in [-0.39, 0.29) is 16.8 Å². The number of benzene rings is 2. The predicted molar refractivity (Wildman–Crippen MR) is 116 cm³/mol. The molecule has 1 heterocycles. The van der Waals surface area contributed by atoms with E-state index in [9.17, 15) is 14.7 Å². The first-order chi connectivity index (χ1) is 13.3. The van der Waals surface area contributed by atoms with Gasteiger partial charge in [-0.15, -0.1) is 11.3 Å². The molecule has 0 bridgehead atoms. The quantitative estimate of drug-likeness (QED) is 0.310. The van der Waals surface area contributed by atoms with Crippen LogP contribution < -0.4 is 16.2 Å². The van der Waals surface area contributed by atoms with E-state index in [1.807, 2.05) is 0 Å². The molecule has 0 atom stereocenters. The van der Waals surface area contributed by atoms with Gasteiger partial charge in [0.2, 0.25) is 0 Å². The van der Waals surface area contributed by atoms with Crippen LogP contribution in [-0.4, -0.2) is 17.0 Å². The van der Waals surface area contributed by atoms with E-state index >= 15 is 0 Å². The highest BCUT2D eigenvalue weighted by Crippen LogP contribution is 2.38. The topological polar surface area (TPSA) is 118 Å². The van der Waals surface area contributed by atoms with Crippen LogP contribution in [0.15, 0.2) is 46.7 Å². The summed E-state index contributed by atoms with van der Waals surface area (Å²) in [6.07, 6.45) is 0. The lowest BCUT2D eigenvalue weighted by atomic mass is 10.1. The van der Waals surface area contributed by atoms with Gasteiger partial charge in [0.15, 0.2) is 0 Å². The zero-order valence-corrected chi connectivity index (χ0v) is 17.2. The van der Waals surface area contributed by atoms with Gasteiger partial charge in [0.05, 0.1) is 20.6 Å². The number of carbonyl (C=O) groups excluding carboxylic acids is 1. The number of carboxylic acids is 1. The second kappa shape index (κ2) is 8.42. The molecular weight excluding hydrogens is 441 g/mol. The Bertz CT molecular complexity index is 1090. The van der Waals surface area contributed by atoms with Gasteiger partial charge >= 0.3 is 5.97 Å². The molecule has 6 N–H and O–H groups in total. The van der Waals surface area contributed by atoms with Gasteiger partial charge in [-0.1, -0.05) is 29.3 Å². The van der Waals surface area contributed by atoms with Crippen LogP contribution >= 0.6 is 46.5 Å². The Hall–Kier alpha value is -2.23. The Morgan fingerprint density at radius 3 is 2.46 bits per heavy atom. The second-order valence-electron chi connectivity index (χ2n) is 5.61. The number of hydrogen-bond donors (Lipinski definition) is 4. The van der Waals surface area contributed by atoms with Crippen molar-refractivity contribution < 1.29 is 14.7 Å². The average Bonchev–Trinajstić information content (AvgIpc) is 3.07. The fourth-order valence-electron chi connectivity index (χ4n) is 2.50. The lowest BCUT2D eigenvalue weighted by Gasteiger charge is -2.08. The smallest absolute Gasteiger partial charge is 0.339 e. The number of nitrogens with one attached hydrogen (secondary N) is 1. The van der Waals surface area contributed by atoms with Crippen LogP contribution in [0, 0.1) is 0 Å². The number of hydrogen-bond acceptors (Lipinski definition) is 6. The summed E-state index contributed by atoms with van der Waals surface area (Å²) in [7, 11) is 0. The Labute approximate surface area is 178 Å². The molecular formula is C18H13Cl2N3O3S2. The van der Waals surface area contributed by atoms with Crippen LogP contribution in [0.1, 0.15) is 20.7 Å². The molecule has 0 aliphatic carbocycles. The molecule has 1 amide bonds. The monoisotopic (exact) mass is 453 g/mol. The largest absolute Gasteiger partial charge is 0.478 e. The Morgan fingerprint density at radius 1 is 1.11 bits per heavy atom. The number of carbonyl (C=O) groups is 2. The van der Waals surface area contributed by atoms with Crippen molar-refractivity contribution in [1.29, 1.82) is 0 Å². The average molecular weight is 454 g/mol. The molecule has 3 aromatic rings. The SMILES string of the molecule is NSc1ccc(C(=O)Nc2csc(-c3ccc(Cl)c(Cl)c3)c2C(=O)O)cc1N. The second-order valence-corrected chi connectivity index (χ2v) is 7.98. The molecule has 0 spiro atoms. The summed E-state index contributed by atoms with van der Waals surface area (Å²) in [5.74, 6) is -1.66. The fraction of sp³-hybridized carbons (Fsp3) is 0. The molecule has 0 unspecified atom stereocenters. The highest BCUT2D eigenvalue weighted by atomic mass is 35.5. The standard InChI is InChI=1S/C18H13Cl2N3O3S2/c19-10-3-1-8(5-11(10)20)16-15(18(25)26)13(7-27-16)23-17(24)9-2-4-14(28-22)12(21)6-9/h1-7H,21-22H2,(H,23,24)(H,25,26). The lowest BCUT2D eigenvalue weighted by Crippen LogP contribution is -2.14. The molecule has 3 rings (SSSR count). The third-order valence-corrected chi connectivity index (χ3v) is 6.23. The summed E-state index contributed by atoms with van der Waals surface area (Å²) in [5, 5.41) is 20.0. The van der Waals surface area contributed by atoms with Crippen LogP contribution in [0.2, 0.25) is 10.0 Å². The van der Waals surface area contributed by atoms with Crippen molar-refractivity contribution >= 4 is 69.7 Å². The predicted octanol–water partition coefficient (Wildman–Crippen LogP) is 5.22. The Balaban J connectivity index is 1.95. The normalized spacial score (nSPS) is 10.7. The van der Waals surface area contributed by atoms with E-state index in [1.165, 1.54) is 17.4 Å². The van der Waals surface area contributed by atoms with E-state index in [2.05, 4.69) is 5.32 Å². The molecule has 0 fully saturated rings.